The highest BCUT2D eigenvalue weighted by Gasteiger charge is 2.28. The second-order valence-corrected chi connectivity index (χ2v) is 7.92. The number of carbonyl (C=O) groups is 2. The monoisotopic (exact) mass is 400 g/mol. The van der Waals surface area contributed by atoms with Crippen molar-refractivity contribution < 1.29 is 24.3 Å². The van der Waals surface area contributed by atoms with Crippen LogP contribution >= 0.6 is 0 Å². The molecular weight excluding hydrogens is 376 g/mol. The molecule has 0 aromatic carbocycles. The molecule has 0 saturated carbocycles. The third-order valence-electron chi connectivity index (χ3n) is 4.86. The maximum Gasteiger partial charge on any atom is 0.333 e. The Morgan fingerprint density at radius 2 is 2.10 bits per heavy atom. The first-order valence-electron chi connectivity index (χ1n) is 9.47. The van der Waals surface area contributed by atoms with Gasteiger partial charge in [-0.1, -0.05) is 19.0 Å². The van der Waals surface area contributed by atoms with Gasteiger partial charge in [0, 0.05) is 18.5 Å². The number of aromatic hydroxyl groups is 1. The molecule has 9 heteroatoms. The second kappa shape index (κ2) is 8.42. The van der Waals surface area contributed by atoms with E-state index in [1.54, 1.807) is 6.07 Å². The van der Waals surface area contributed by atoms with Crippen molar-refractivity contribution in [2.45, 2.75) is 52.4 Å². The number of carboxylic acids is 1. The SMILES string of the molecule is CC1(C)CCCC(C(=O)O)=C(NC(=O)CCc2nc(-c3ccc(O)cn3)no2)C1. The number of carboxylic acid groups (broad SMARTS) is 1. The molecule has 0 saturated heterocycles. The summed E-state index contributed by atoms with van der Waals surface area (Å²) in [6.07, 6.45) is 4.22. The molecule has 0 unspecified atom stereocenters. The summed E-state index contributed by atoms with van der Waals surface area (Å²) in [5.41, 5.74) is 1.14. The highest BCUT2D eigenvalue weighted by atomic mass is 16.5. The maximum absolute atomic E-state index is 12.4. The fourth-order valence-electron chi connectivity index (χ4n) is 3.35. The average molecular weight is 400 g/mol. The van der Waals surface area contributed by atoms with Crippen molar-refractivity contribution >= 4 is 11.9 Å². The van der Waals surface area contributed by atoms with Crippen molar-refractivity contribution in [3.8, 4) is 17.3 Å². The van der Waals surface area contributed by atoms with Gasteiger partial charge in [-0.3, -0.25) is 4.79 Å². The largest absolute Gasteiger partial charge is 0.506 e. The third kappa shape index (κ3) is 5.40. The molecule has 3 N–H and O–H groups in total. The van der Waals surface area contributed by atoms with Crippen LogP contribution in [0.4, 0.5) is 0 Å². The van der Waals surface area contributed by atoms with E-state index in [0.29, 0.717) is 24.2 Å². The second-order valence-electron chi connectivity index (χ2n) is 7.92. The lowest BCUT2D eigenvalue weighted by molar-refractivity contribution is -0.132. The normalized spacial score (nSPS) is 16.3. The van der Waals surface area contributed by atoms with E-state index in [0.717, 1.165) is 12.8 Å². The number of nitrogens with zero attached hydrogens (tertiary/aromatic N) is 3. The van der Waals surface area contributed by atoms with Crippen LogP contribution < -0.4 is 5.32 Å². The van der Waals surface area contributed by atoms with E-state index in [9.17, 15) is 19.8 Å². The predicted octanol–water partition coefficient (Wildman–Crippen LogP) is 2.82. The predicted molar refractivity (Wildman–Crippen MR) is 103 cm³/mol. The number of aliphatic carboxylic acids is 1. The van der Waals surface area contributed by atoms with Crippen LogP contribution in [0.5, 0.6) is 5.75 Å². The van der Waals surface area contributed by atoms with Crippen molar-refractivity contribution in [2.75, 3.05) is 0 Å². The van der Waals surface area contributed by atoms with Gasteiger partial charge >= 0.3 is 5.97 Å². The highest BCUT2D eigenvalue weighted by molar-refractivity contribution is 5.89. The van der Waals surface area contributed by atoms with E-state index in [1.807, 2.05) is 0 Å². The summed E-state index contributed by atoms with van der Waals surface area (Å²) in [4.78, 5) is 32.2. The Hall–Kier alpha value is -3.23. The van der Waals surface area contributed by atoms with E-state index in [1.165, 1.54) is 12.3 Å². The minimum absolute atomic E-state index is 0.0332. The first-order valence-corrected chi connectivity index (χ1v) is 9.47. The van der Waals surface area contributed by atoms with Crippen molar-refractivity contribution in [3.63, 3.8) is 0 Å². The Bertz CT molecular complexity index is 931. The Kier molecular flexibility index (Phi) is 5.95. The minimum atomic E-state index is -0.985. The molecule has 0 spiro atoms. The van der Waals surface area contributed by atoms with Gasteiger partial charge in [-0.25, -0.2) is 9.78 Å². The summed E-state index contributed by atoms with van der Waals surface area (Å²) < 4.78 is 5.15. The zero-order valence-electron chi connectivity index (χ0n) is 16.4. The van der Waals surface area contributed by atoms with Gasteiger partial charge in [0.25, 0.3) is 0 Å². The van der Waals surface area contributed by atoms with Crippen LogP contribution in [0.25, 0.3) is 11.5 Å². The number of amides is 1. The van der Waals surface area contributed by atoms with Crippen LogP contribution in [0.1, 0.15) is 51.8 Å². The Morgan fingerprint density at radius 3 is 2.79 bits per heavy atom. The third-order valence-corrected chi connectivity index (χ3v) is 4.86. The summed E-state index contributed by atoms with van der Waals surface area (Å²) in [6, 6.07) is 3.03. The lowest BCUT2D eigenvalue weighted by Crippen LogP contribution is -2.28. The van der Waals surface area contributed by atoms with Crippen LogP contribution in [-0.2, 0) is 16.0 Å². The first-order chi connectivity index (χ1) is 13.7. The molecule has 1 amide bonds. The number of rotatable bonds is 6. The summed E-state index contributed by atoms with van der Waals surface area (Å²) in [5.74, 6) is -0.703. The zero-order valence-corrected chi connectivity index (χ0v) is 16.4. The number of aryl methyl sites for hydroxylation is 1. The average Bonchev–Trinajstić information content (AvgIpc) is 3.06. The molecule has 0 radical (unpaired) electrons. The molecule has 0 aliphatic heterocycles. The molecule has 0 fully saturated rings. The van der Waals surface area contributed by atoms with Crippen molar-refractivity contribution in [1.82, 2.24) is 20.4 Å². The molecule has 9 nitrogen and oxygen atoms in total. The number of nitrogens with one attached hydrogen (secondary N) is 1. The van der Waals surface area contributed by atoms with Gasteiger partial charge in [0.1, 0.15) is 11.4 Å². The van der Waals surface area contributed by atoms with Gasteiger partial charge in [-0.2, -0.15) is 4.98 Å². The Balaban J connectivity index is 1.63. The van der Waals surface area contributed by atoms with Crippen LogP contribution in [0.3, 0.4) is 0 Å². The van der Waals surface area contributed by atoms with Crippen LogP contribution in [0.2, 0.25) is 0 Å². The summed E-state index contributed by atoms with van der Waals surface area (Å²) in [7, 11) is 0. The fraction of sp³-hybridized carbons (Fsp3) is 0.450. The Labute approximate surface area is 167 Å². The van der Waals surface area contributed by atoms with E-state index in [2.05, 4.69) is 34.3 Å². The number of pyridine rings is 1. The molecule has 1 aliphatic carbocycles. The molecule has 3 rings (SSSR count). The molecule has 2 aromatic rings. The number of hydrogen-bond acceptors (Lipinski definition) is 7. The molecular formula is C20H24N4O5. The van der Waals surface area contributed by atoms with Gasteiger partial charge in [0.15, 0.2) is 0 Å². The smallest absolute Gasteiger partial charge is 0.333 e. The molecule has 0 atom stereocenters. The van der Waals surface area contributed by atoms with E-state index in [4.69, 9.17) is 4.52 Å². The first kappa shape index (κ1) is 20.5. The van der Waals surface area contributed by atoms with Gasteiger partial charge in [0.2, 0.25) is 17.6 Å². The molecule has 2 aromatic heterocycles. The standard InChI is InChI=1S/C20H24N4O5/c1-20(2)9-3-4-13(19(27)28)15(10-20)22-16(26)7-8-17-23-18(24-29-17)14-6-5-12(25)11-21-14/h5-6,11,25H,3-4,7-10H2,1-2H3,(H,22,26)(H,27,28). The van der Waals surface area contributed by atoms with E-state index < -0.39 is 5.97 Å². The van der Waals surface area contributed by atoms with Crippen LogP contribution in [0, 0.1) is 5.41 Å². The van der Waals surface area contributed by atoms with E-state index in [-0.39, 0.29) is 47.2 Å². The summed E-state index contributed by atoms with van der Waals surface area (Å²) >= 11 is 0. The quantitative estimate of drug-likeness (QED) is 0.673. The van der Waals surface area contributed by atoms with Gasteiger partial charge in [0.05, 0.1) is 11.8 Å². The fourth-order valence-corrected chi connectivity index (χ4v) is 3.35. The van der Waals surface area contributed by atoms with Gasteiger partial charge < -0.3 is 20.1 Å². The zero-order chi connectivity index (χ0) is 21.0. The van der Waals surface area contributed by atoms with E-state index >= 15 is 0 Å². The number of aromatic nitrogens is 3. The number of allylic oxidation sites excluding steroid dienone is 1. The van der Waals surface area contributed by atoms with Gasteiger partial charge in [-0.05, 0) is 43.2 Å². The molecule has 154 valence electrons. The lowest BCUT2D eigenvalue weighted by Gasteiger charge is -2.24. The minimum Gasteiger partial charge on any atom is -0.506 e. The molecule has 2 heterocycles. The molecule has 0 bridgehead atoms. The summed E-state index contributed by atoms with van der Waals surface area (Å²) in [5, 5.41) is 25.4. The van der Waals surface area contributed by atoms with Crippen molar-refractivity contribution in [1.29, 1.82) is 0 Å². The topological polar surface area (TPSA) is 138 Å². The van der Waals surface area contributed by atoms with Gasteiger partial charge in [-0.15, -0.1) is 0 Å². The molecule has 29 heavy (non-hydrogen) atoms. The van der Waals surface area contributed by atoms with Crippen LogP contribution in [0.15, 0.2) is 34.1 Å². The highest BCUT2D eigenvalue weighted by Crippen LogP contribution is 2.36. The number of carbonyl (C=O) groups excluding carboxylic acids is 1. The van der Waals surface area contributed by atoms with Crippen molar-refractivity contribution in [2.24, 2.45) is 5.41 Å². The maximum atomic E-state index is 12.4. The van der Waals surface area contributed by atoms with Crippen LogP contribution in [-0.4, -0.2) is 37.2 Å². The molecule has 1 aliphatic rings. The number of hydrogen-bond donors (Lipinski definition) is 3. The Morgan fingerprint density at radius 1 is 1.31 bits per heavy atom. The summed E-state index contributed by atoms with van der Waals surface area (Å²) in [6.45, 7) is 4.14. The lowest BCUT2D eigenvalue weighted by atomic mass is 9.84. The van der Waals surface area contributed by atoms with Crippen molar-refractivity contribution in [3.05, 3.63) is 35.5 Å².